The highest BCUT2D eigenvalue weighted by atomic mass is 79.9. The van der Waals surface area contributed by atoms with Crippen LogP contribution in [0, 0.1) is 0 Å². The summed E-state index contributed by atoms with van der Waals surface area (Å²) in [6.07, 6.45) is 0.601. The number of benzene rings is 1. The Hall–Kier alpha value is -0.350. The van der Waals surface area contributed by atoms with Gasteiger partial charge in [-0.2, -0.15) is 0 Å². The Bertz CT molecular complexity index is 489. The molecule has 0 radical (unpaired) electrons. The Morgan fingerprint density at radius 1 is 1.36 bits per heavy atom. The average Bonchev–Trinajstić information content (AvgIpc) is 2.18. The van der Waals surface area contributed by atoms with E-state index in [1.165, 1.54) is 0 Å². The summed E-state index contributed by atoms with van der Waals surface area (Å²) in [6.45, 7) is 3.55. The van der Waals surface area contributed by atoms with Crippen molar-refractivity contribution in [1.82, 2.24) is 0 Å². The Balaban J connectivity index is 2.73. The summed E-state index contributed by atoms with van der Waals surface area (Å²) in [7, 11) is -3.12. The molecular weight excluding hydrogens is 264 g/mol. The lowest BCUT2D eigenvalue weighted by Crippen LogP contribution is -2.27. The number of halogens is 1. The van der Waals surface area contributed by atoms with Crippen molar-refractivity contribution in [2.75, 3.05) is 0 Å². The van der Waals surface area contributed by atoms with Crippen LogP contribution in [-0.4, -0.2) is 13.2 Å². The van der Waals surface area contributed by atoms with E-state index in [1.807, 2.05) is 6.07 Å². The molecule has 1 aromatic carbocycles. The number of hydrogen-bond donors (Lipinski definition) is 0. The fraction of sp³-hybridized carbons (Fsp3) is 0.400. The average molecular weight is 275 g/mol. The first kappa shape index (κ1) is 10.2. The molecule has 0 saturated heterocycles. The first-order chi connectivity index (χ1) is 6.34. The van der Waals surface area contributed by atoms with Crippen LogP contribution in [0.5, 0.6) is 0 Å². The normalized spacial score (nSPS) is 21.9. The quantitative estimate of drug-likeness (QED) is 0.729. The molecule has 2 nitrogen and oxygen atoms in total. The van der Waals surface area contributed by atoms with Crippen molar-refractivity contribution in [2.45, 2.75) is 29.9 Å². The van der Waals surface area contributed by atoms with Crippen LogP contribution in [0.1, 0.15) is 19.4 Å². The number of sulfone groups is 1. The molecule has 0 atom stereocenters. The van der Waals surface area contributed by atoms with E-state index in [4.69, 9.17) is 0 Å². The zero-order valence-corrected chi connectivity index (χ0v) is 10.4. The molecule has 1 aromatic rings. The molecule has 76 valence electrons. The van der Waals surface area contributed by atoms with Crippen LogP contribution in [0.3, 0.4) is 0 Å². The molecule has 14 heavy (non-hydrogen) atoms. The lowest BCUT2D eigenvalue weighted by molar-refractivity contribution is 0.559. The van der Waals surface area contributed by atoms with Gasteiger partial charge in [0.05, 0.1) is 9.64 Å². The number of rotatable bonds is 0. The largest absolute Gasteiger partial charge is 0.223 e. The van der Waals surface area contributed by atoms with Gasteiger partial charge in [-0.05, 0) is 44.0 Å². The van der Waals surface area contributed by atoms with Gasteiger partial charge in [0.2, 0.25) is 0 Å². The molecule has 0 spiro atoms. The van der Waals surface area contributed by atoms with Crippen LogP contribution in [0.15, 0.2) is 27.6 Å². The van der Waals surface area contributed by atoms with E-state index in [0.29, 0.717) is 11.3 Å². The predicted molar refractivity (Wildman–Crippen MR) is 59.1 cm³/mol. The van der Waals surface area contributed by atoms with Crippen LogP contribution < -0.4 is 0 Å². The molecule has 0 fully saturated rings. The van der Waals surface area contributed by atoms with Gasteiger partial charge in [0, 0.05) is 4.47 Å². The van der Waals surface area contributed by atoms with Crippen LogP contribution >= 0.6 is 15.9 Å². The zero-order chi connectivity index (χ0) is 10.6. The standard InChI is InChI=1S/C10H11BrO2S/c1-10(2)6-7-5-8(11)3-4-9(7)14(10,12)13/h3-5H,6H2,1-2H3. The molecule has 1 aliphatic heterocycles. The third-order valence-corrected chi connectivity index (χ3v) is 5.73. The van der Waals surface area contributed by atoms with Gasteiger partial charge in [0.1, 0.15) is 0 Å². The molecule has 0 amide bonds. The molecule has 0 unspecified atom stereocenters. The van der Waals surface area contributed by atoms with Crippen molar-refractivity contribution in [3.05, 3.63) is 28.2 Å². The molecule has 1 aliphatic rings. The lowest BCUT2D eigenvalue weighted by Gasteiger charge is -2.15. The monoisotopic (exact) mass is 274 g/mol. The number of hydrogen-bond acceptors (Lipinski definition) is 2. The van der Waals surface area contributed by atoms with Gasteiger partial charge in [0.15, 0.2) is 9.84 Å². The van der Waals surface area contributed by atoms with E-state index in [0.717, 1.165) is 10.0 Å². The molecule has 0 aliphatic carbocycles. The third kappa shape index (κ3) is 1.24. The second kappa shape index (κ2) is 2.83. The van der Waals surface area contributed by atoms with Gasteiger partial charge in [-0.25, -0.2) is 8.42 Å². The van der Waals surface area contributed by atoms with E-state index in [-0.39, 0.29) is 0 Å². The Kier molecular flexibility index (Phi) is 2.05. The highest BCUT2D eigenvalue weighted by Crippen LogP contribution is 2.39. The van der Waals surface area contributed by atoms with Gasteiger partial charge in [0.25, 0.3) is 0 Å². The first-order valence-electron chi connectivity index (χ1n) is 4.38. The molecule has 0 saturated carbocycles. The first-order valence-corrected chi connectivity index (χ1v) is 6.65. The fourth-order valence-electron chi connectivity index (χ4n) is 1.80. The van der Waals surface area contributed by atoms with E-state index >= 15 is 0 Å². The maximum absolute atomic E-state index is 12.0. The summed E-state index contributed by atoms with van der Waals surface area (Å²) >= 11 is 3.35. The van der Waals surface area contributed by atoms with Crippen molar-refractivity contribution in [3.8, 4) is 0 Å². The van der Waals surface area contributed by atoms with Crippen molar-refractivity contribution < 1.29 is 8.42 Å². The minimum absolute atomic E-state index is 0.491. The Labute approximate surface area is 92.4 Å². The van der Waals surface area contributed by atoms with E-state index < -0.39 is 14.6 Å². The van der Waals surface area contributed by atoms with Crippen molar-refractivity contribution in [1.29, 1.82) is 0 Å². The van der Waals surface area contributed by atoms with Gasteiger partial charge < -0.3 is 0 Å². The summed E-state index contributed by atoms with van der Waals surface area (Å²) < 4.78 is 24.3. The summed E-state index contributed by atoms with van der Waals surface area (Å²) in [5, 5.41) is 0. The van der Waals surface area contributed by atoms with E-state index in [1.54, 1.807) is 26.0 Å². The molecule has 0 N–H and O–H groups in total. The smallest absolute Gasteiger partial charge is 0.184 e. The third-order valence-electron chi connectivity index (χ3n) is 2.66. The van der Waals surface area contributed by atoms with Crippen LogP contribution in [0.2, 0.25) is 0 Å². The Morgan fingerprint density at radius 2 is 2.00 bits per heavy atom. The van der Waals surface area contributed by atoms with E-state index in [2.05, 4.69) is 15.9 Å². The maximum atomic E-state index is 12.0. The minimum atomic E-state index is -3.12. The second-order valence-corrected chi connectivity index (χ2v) is 7.66. The molecule has 1 heterocycles. The summed E-state index contributed by atoms with van der Waals surface area (Å²) in [4.78, 5) is 0.491. The fourth-order valence-corrected chi connectivity index (χ4v) is 3.87. The SMILES string of the molecule is CC1(C)Cc2cc(Br)ccc2S1(=O)=O. The minimum Gasteiger partial charge on any atom is -0.223 e. The highest BCUT2D eigenvalue weighted by molar-refractivity contribution is 9.10. The van der Waals surface area contributed by atoms with Gasteiger partial charge in [-0.1, -0.05) is 15.9 Å². The summed E-state index contributed by atoms with van der Waals surface area (Å²) in [6, 6.07) is 5.35. The molecule has 0 bridgehead atoms. The second-order valence-electron chi connectivity index (χ2n) is 4.19. The van der Waals surface area contributed by atoms with Gasteiger partial charge in [-0.15, -0.1) is 0 Å². The van der Waals surface area contributed by atoms with Gasteiger partial charge >= 0.3 is 0 Å². The van der Waals surface area contributed by atoms with Crippen molar-refractivity contribution in [2.24, 2.45) is 0 Å². The molecule has 2 rings (SSSR count). The van der Waals surface area contributed by atoms with Crippen LogP contribution in [-0.2, 0) is 16.3 Å². The van der Waals surface area contributed by atoms with Crippen LogP contribution in [0.4, 0.5) is 0 Å². The summed E-state index contributed by atoms with van der Waals surface area (Å²) in [5.41, 5.74) is 0.921. The highest BCUT2D eigenvalue weighted by Gasteiger charge is 2.43. The topological polar surface area (TPSA) is 34.1 Å². The lowest BCUT2D eigenvalue weighted by atomic mass is 10.0. The molecule has 4 heteroatoms. The van der Waals surface area contributed by atoms with Crippen molar-refractivity contribution >= 4 is 25.8 Å². The zero-order valence-electron chi connectivity index (χ0n) is 8.04. The number of fused-ring (bicyclic) bond motifs is 1. The van der Waals surface area contributed by atoms with Crippen molar-refractivity contribution in [3.63, 3.8) is 0 Å². The van der Waals surface area contributed by atoms with E-state index in [9.17, 15) is 8.42 Å². The van der Waals surface area contributed by atoms with Crippen LogP contribution in [0.25, 0.3) is 0 Å². The predicted octanol–water partition coefficient (Wildman–Crippen LogP) is 2.56. The maximum Gasteiger partial charge on any atom is 0.184 e. The Morgan fingerprint density at radius 3 is 2.64 bits per heavy atom. The molecular formula is C10H11BrO2S. The molecule has 0 aromatic heterocycles. The van der Waals surface area contributed by atoms with Gasteiger partial charge in [-0.3, -0.25) is 0 Å². The summed E-state index contributed by atoms with van der Waals surface area (Å²) in [5.74, 6) is 0.